The summed E-state index contributed by atoms with van der Waals surface area (Å²) < 4.78 is 26.7. The third-order valence-corrected chi connectivity index (χ3v) is 4.86. The maximum Gasteiger partial charge on any atom is 0.123 e. The first kappa shape index (κ1) is 21.1. The van der Waals surface area contributed by atoms with Crippen molar-refractivity contribution in [1.29, 1.82) is 0 Å². The highest BCUT2D eigenvalue weighted by atomic mass is 19.1. The first-order chi connectivity index (χ1) is 14.0. The van der Waals surface area contributed by atoms with Gasteiger partial charge in [0.05, 0.1) is 0 Å². The van der Waals surface area contributed by atoms with Gasteiger partial charge in [0.1, 0.15) is 11.6 Å². The molecular formula is C24H27F2N3. The van der Waals surface area contributed by atoms with Crippen LogP contribution in [-0.4, -0.2) is 19.1 Å². The van der Waals surface area contributed by atoms with E-state index >= 15 is 0 Å². The second-order valence-electron chi connectivity index (χ2n) is 7.25. The van der Waals surface area contributed by atoms with Gasteiger partial charge in [0, 0.05) is 19.1 Å². The van der Waals surface area contributed by atoms with Crippen LogP contribution in [0.25, 0.3) is 22.3 Å². The fourth-order valence-electron chi connectivity index (χ4n) is 3.30. The van der Waals surface area contributed by atoms with Gasteiger partial charge >= 0.3 is 0 Å². The Bertz CT molecular complexity index is 845. The maximum absolute atomic E-state index is 13.3. The van der Waals surface area contributed by atoms with Crippen molar-refractivity contribution in [2.24, 2.45) is 11.5 Å². The van der Waals surface area contributed by atoms with E-state index in [1.54, 1.807) is 24.3 Å². The van der Waals surface area contributed by atoms with E-state index in [-0.39, 0.29) is 17.7 Å². The Morgan fingerprint density at radius 1 is 0.759 bits per heavy atom. The quantitative estimate of drug-likeness (QED) is 0.501. The van der Waals surface area contributed by atoms with Crippen LogP contribution in [0.4, 0.5) is 8.78 Å². The molecule has 0 unspecified atom stereocenters. The maximum atomic E-state index is 13.3. The molecule has 5 heteroatoms. The summed E-state index contributed by atoms with van der Waals surface area (Å²) in [7, 11) is 0. The second kappa shape index (κ2) is 10.3. The summed E-state index contributed by atoms with van der Waals surface area (Å²) >= 11 is 0. The van der Waals surface area contributed by atoms with Crippen molar-refractivity contribution >= 4 is 0 Å². The van der Waals surface area contributed by atoms with Crippen molar-refractivity contribution < 1.29 is 8.78 Å². The van der Waals surface area contributed by atoms with E-state index in [9.17, 15) is 8.78 Å². The second-order valence-corrected chi connectivity index (χ2v) is 7.25. The Balaban J connectivity index is 1.84. The average molecular weight is 395 g/mol. The zero-order valence-corrected chi connectivity index (χ0v) is 16.4. The molecule has 0 aliphatic heterocycles. The number of hydrogen-bond acceptors (Lipinski definition) is 3. The minimum Gasteiger partial charge on any atom is -0.330 e. The van der Waals surface area contributed by atoms with E-state index in [1.807, 2.05) is 6.07 Å². The van der Waals surface area contributed by atoms with Crippen LogP contribution in [0.1, 0.15) is 18.4 Å². The first-order valence-corrected chi connectivity index (χ1v) is 9.87. The van der Waals surface area contributed by atoms with Crippen LogP contribution < -0.4 is 16.8 Å². The molecule has 0 aliphatic carbocycles. The van der Waals surface area contributed by atoms with Gasteiger partial charge in [-0.2, -0.15) is 0 Å². The van der Waals surface area contributed by atoms with E-state index in [2.05, 4.69) is 17.4 Å². The number of benzene rings is 3. The summed E-state index contributed by atoms with van der Waals surface area (Å²) in [5, 5.41) is 3.40. The van der Waals surface area contributed by atoms with Crippen molar-refractivity contribution in [2.45, 2.75) is 25.4 Å². The topological polar surface area (TPSA) is 64.1 Å². The third kappa shape index (κ3) is 6.19. The van der Waals surface area contributed by atoms with E-state index in [0.717, 1.165) is 40.7 Å². The number of nitrogens with one attached hydrogen (secondary N) is 1. The number of rotatable bonds is 9. The molecule has 5 N–H and O–H groups in total. The molecule has 0 saturated carbocycles. The fourth-order valence-corrected chi connectivity index (χ4v) is 3.30. The molecule has 3 rings (SSSR count). The summed E-state index contributed by atoms with van der Waals surface area (Å²) in [6.07, 6.45) is 1.80. The zero-order valence-electron chi connectivity index (χ0n) is 16.4. The summed E-state index contributed by atoms with van der Waals surface area (Å²) in [4.78, 5) is 0. The van der Waals surface area contributed by atoms with Crippen LogP contribution in [0.5, 0.6) is 0 Å². The first-order valence-electron chi connectivity index (χ1n) is 9.87. The van der Waals surface area contributed by atoms with Crippen LogP contribution in [0.3, 0.4) is 0 Å². The lowest BCUT2D eigenvalue weighted by atomic mass is 9.96. The summed E-state index contributed by atoms with van der Waals surface area (Å²) in [5.74, 6) is -0.534. The fraction of sp³-hybridized carbons (Fsp3) is 0.250. The van der Waals surface area contributed by atoms with Crippen LogP contribution in [-0.2, 0) is 6.54 Å². The highest BCUT2D eigenvalue weighted by Gasteiger charge is 2.08. The van der Waals surface area contributed by atoms with E-state index in [0.29, 0.717) is 19.6 Å². The molecule has 29 heavy (non-hydrogen) atoms. The minimum atomic E-state index is -0.267. The van der Waals surface area contributed by atoms with Crippen LogP contribution >= 0.6 is 0 Å². The normalized spacial score (nSPS) is 12.1. The molecular weight excluding hydrogens is 368 g/mol. The molecule has 0 bridgehead atoms. The molecule has 0 fully saturated rings. The molecule has 0 heterocycles. The molecule has 1 atom stereocenters. The van der Waals surface area contributed by atoms with Gasteiger partial charge < -0.3 is 16.8 Å². The molecule has 0 radical (unpaired) electrons. The van der Waals surface area contributed by atoms with Crippen molar-refractivity contribution in [1.82, 2.24) is 5.32 Å². The van der Waals surface area contributed by atoms with Gasteiger partial charge in [0.25, 0.3) is 0 Å². The Morgan fingerprint density at radius 2 is 1.28 bits per heavy atom. The third-order valence-electron chi connectivity index (χ3n) is 4.86. The standard InChI is InChI=1S/C24H27F2N3/c25-22-7-3-18(4-8-22)20-12-17(15-29-16-24(28)2-1-11-27)13-21(14-20)19-5-9-23(26)10-6-19/h3-10,12-14,24,29H,1-2,11,15-16,27-28H2/t24-/m0/s1. The molecule has 3 nitrogen and oxygen atoms in total. The number of hydrogen-bond donors (Lipinski definition) is 3. The summed E-state index contributed by atoms with van der Waals surface area (Å²) in [6.45, 7) is 2.00. The lowest BCUT2D eigenvalue weighted by Crippen LogP contribution is -2.33. The monoisotopic (exact) mass is 395 g/mol. The van der Waals surface area contributed by atoms with Gasteiger partial charge in [-0.05, 0) is 89.7 Å². The van der Waals surface area contributed by atoms with Gasteiger partial charge in [0.15, 0.2) is 0 Å². The predicted molar refractivity (Wildman–Crippen MR) is 115 cm³/mol. The van der Waals surface area contributed by atoms with Crippen molar-refractivity contribution in [3.8, 4) is 22.3 Å². The summed E-state index contributed by atoms with van der Waals surface area (Å²) in [5.41, 5.74) is 16.5. The number of nitrogens with two attached hydrogens (primary N) is 2. The molecule has 0 aliphatic rings. The largest absolute Gasteiger partial charge is 0.330 e. The van der Waals surface area contributed by atoms with E-state index in [1.165, 1.54) is 24.3 Å². The number of halogens is 2. The van der Waals surface area contributed by atoms with Gasteiger partial charge in [-0.3, -0.25) is 0 Å². The summed E-state index contributed by atoms with van der Waals surface area (Å²) in [6, 6.07) is 19.1. The van der Waals surface area contributed by atoms with Crippen molar-refractivity contribution in [2.75, 3.05) is 13.1 Å². The van der Waals surface area contributed by atoms with E-state index in [4.69, 9.17) is 11.5 Å². The molecule has 152 valence electrons. The molecule has 0 spiro atoms. The van der Waals surface area contributed by atoms with Crippen LogP contribution in [0.2, 0.25) is 0 Å². The van der Waals surface area contributed by atoms with Gasteiger partial charge in [-0.1, -0.05) is 24.3 Å². The zero-order chi connectivity index (χ0) is 20.6. The molecule has 3 aromatic rings. The average Bonchev–Trinajstić information content (AvgIpc) is 2.73. The Morgan fingerprint density at radius 3 is 1.76 bits per heavy atom. The SMILES string of the molecule is NCCC[C@H](N)CNCc1cc(-c2ccc(F)cc2)cc(-c2ccc(F)cc2)c1. The molecule has 0 saturated heterocycles. The lowest BCUT2D eigenvalue weighted by Gasteiger charge is -2.14. The Labute approximate surface area is 170 Å². The van der Waals surface area contributed by atoms with Gasteiger partial charge in [-0.15, -0.1) is 0 Å². The highest BCUT2D eigenvalue weighted by Crippen LogP contribution is 2.29. The predicted octanol–water partition coefficient (Wildman–Crippen LogP) is 4.45. The smallest absolute Gasteiger partial charge is 0.123 e. The van der Waals surface area contributed by atoms with Crippen molar-refractivity contribution in [3.63, 3.8) is 0 Å². The van der Waals surface area contributed by atoms with Gasteiger partial charge in [0.2, 0.25) is 0 Å². The molecule has 0 aromatic heterocycles. The van der Waals surface area contributed by atoms with Crippen molar-refractivity contribution in [3.05, 3.63) is 83.9 Å². The molecule has 3 aromatic carbocycles. The highest BCUT2D eigenvalue weighted by molar-refractivity contribution is 5.74. The lowest BCUT2D eigenvalue weighted by molar-refractivity contribution is 0.531. The van der Waals surface area contributed by atoms with Gasteiger partial charge in [-0.25, -0.2) is 8.78 Å². The van der Waals surface area contributed by atoms with Crippen LogP contribution in [0.15, 0.2) is 66.7 Å². The van der Waals surface area contributed by atoms with E-state index < -0.39 is 0 Å². The minimum absolute atomic E-state index is 0.0652. The van der Waals surface area contributed by atoms with Crippen LogP contribution in [0, 0.1) is 11.6 Å². The Kier molecular flexibility index (Phi) is 7.47. The Hall–Kier alpha value is -2.60. The molecule has 0 amide bonds.